The number of benzene rings is 1. The first kappa shape index (κ1) is 26.2. The number of likely N-dealkylation sites (N-methyl/N-ethyl adjacent to an activating group) is 1. The summed E-state index contributed by atoms with van der Waals surface area (Å²) in [6.07, 6.45) is -0.682. The monoisotopic (exact) mass is 565 g/mol. The Morgan fingerprint density at radius 3 is 2.44 bits per heavy atom. The van der Waals surface area contributed by atoms with Crippen LogP contribution in [0.5, 0.6) is 0 Å². The molecule has 1 aliphatic heterocycles. The van der Waals surface area contributed by atoms with E-state index < -0.39 is 11.7 Å². The first-order valence-electron chi connectivity index (χ1n) is 10.2. The van der Waals surface area contributed by atoms with Gasteiger partial charge in [0.15, 0.2) is 5.96 Å². The van der Waals surface area contributed by atoms with Crippen LogP contribution in [0.15, 0.2) is 35.6 Å². The second kappa shape index (κ2) is 11.2. The number of nitrogens with zero attached hydrogens (tertiary/aromatic N) is 6. The van der Waals surface area contributed by atoms with Crippen LogP contribution < -0.4 is 10.2 Å². The molecule has 1 aromatic carbocycles. The lowest BCUT2D eigenvalue weighted by molar-refractivity contribution is -0.137. The lowest BCUT2D eigenvalue weighted by Gasteiger charge is -2.35. The third kappa shape index (κ3) is 6.74. The molecule has 1 saturated heterocycles. The SMILES string of the molecule is CN=C(NCc1cc(C(F)(F)F)ccc1N1CCN(C)CC1)N(C)Cc1cnn(C)c1.I. The smallest absolute Gasteiger partial charge is 0.369 e. The molecule has 0 atom stereocenters. The Kier molecular flexibility index (Phi) is 9.19. The number of halogens is 4. The van der Waals surface area contributed by atoms with Gasteiger partial charge in [-0.05, 0) is 30.8 Å². The van der Waals surface area contributed by atoms with E-state index in [0.29, 0.717) is 18.1 Å². The zero-order valence-electron chi connectivity index (χ0n) is 18.9. The van der Waals surface area contributed by atoms with Gasteiger partial charge in [0.05, 0.1) is 11.8 Å². The molecule has 1 fully saturated rings. The predicted molar refractivity (Wildman–Crippen MR) is 131 cm³/mol. The van der Waals surface area contributed by atoms with Crippen LogP contribution in [0.25, 0.3) is 0 Å². The number of rotatable bonds is 5. The van der Waals surface area contributed by atoms with E-state index in [2.05, 4.69) is 32.3 Å². The van der Waals surface area contributed by atoms with Crippen molar-refractivity contribution in [1.29, 1.82) is 0 Å². The zero-order chi connectivity index (χ0) is 22.6. The van der Waals surface area contributed by atoms with Crippen molar-refractivity contribution < 1.29 is 13.2 Å². The van der Waals surface area contributed by atoms with Crippen molar-refractivity contribution in [3.63, 3.8) is 0 Å². The highest BCUT2D eigenvalue weighted by atomic mass is 127. The van der Waals surface area contributed by atoms with Gasteiger partial charge in [-0.1, -0.05) is 0 Å². The van der Waals surface area contributed by atoms with Gasteiger partial charge in [0.2, 0.25) is 0 Å². The lowest BCUT2D eigenvalue weighted by Crippen LogP contribution is -2.45. The Labute approximate surface area is 204 Å². The number of aliphatic imine (C=N–C) groups is 1. The quantitative estimate of drug-likeness (QED) is 0.344. The van der Waals surface area contributed by atoms with Gasteiger partial charge in [-0.3, -0.25) is 9.67 Å². The van der Waals surface area contributed by atoms with Crippen molar-refractivity contribution in [2.45, 2.75) is 19.3 Å². The average Bonchev–Trinajstić information content (AvgIpc) is 3.13. The van der Waals surface area contributed by atoms with Crippen LogP contribution in [0, 0.1) is 0 Å². The summed E-state index contributed by atoms with van der Waals surface area (Å²) in [4.78, 5) is 10.6. The number of hydrogen-bond acceptors (Lipinski definition) is 4. The van der Waals surface area contributed by atoms with Crippen molar-refractivity contribution >= 4 is 35.6 Å². The first-order valence-corrected chi connectivity index (χ1v) is 10.2. The minimum atomic E-state index is -4.38. The molecule has 1 N–H and O–H groups in total. The maximum absolute atomic E-state index is 13.4. The third-order valence-electron chi connectivity index (χ3n) is 5.44. The summed E-state index contributed by atoms with van der Waals surface area (Å²) in [6, 6.07) is 4.00. The van der Waals surface area contributed by atoms with E-state index in [4.69, 9.17) is 0 Å². The normalized spacial score (nSPS) is 15.5. The zero-order valence-corrected chi connectivity index (χ0v) is 21.2. The molecule has 178 valence electrons. The van der Waals surface area contributed by atoms with E-state index in [-0.39, 0.29) is 30.5 Å². The fourth-order valence-corrected chi connectivity index (χ4v) is 3.72. The highest BCUT2D eigenvalue weighted by molar-refractivity contribution is 14.0. The molecule has 11 heteroatoms. The molecule has 0 unspecified atom stereocenters. The number of alkyl halides is 3. The van der Waals surface area contributed by atoms with Gasteiger partial charge in [0.25, 0.3) is 0 Å². The van der Waals surface area contributed by atoms with Crippen molar-refractivity contribution in [2.75, 3.05) is 52.2 Å². The van der Waals surface area contributed by atoms with Gasteiger partial charge in [0, 0.05) is 77.9 Å². The molecule has 0 spiro atoms. The third-order valence-corrected chi connectivity index (χ3v) is 5.44. The molecule has 2 aromatic rings. The Balaban J connectivity index is 0.00000363. The molecule has 0 saturated carbocycles. The summed E-state index contributed by atoms with van der Waals surface area (Å²) in [5.74, 6) is 0.602. The van der Waals surface area contributed by atoms with E-state index in [9.17, 15) is 13.2 Å². The highest BCUT2D eigenvalue weighted by Gasteiger charge is 2.31. The number of hydrogen-bond donors (Lipinski definition) is 1. The number of aryl methyl sites for hydroxylation is 1. The van der Waals surface area contributed by atoms with E-state index in [1.165, 1.54) is 12.1 Å². The summed E-state index contributed by atoms with van der Waals surface area (Å²) < 4.78 is 41.8. The van der Waals surface area contributed by atoms with Crippen molar-refractivity contribution in [3.05, 3.63) is 47.3 Å². The average molecular weight is 565 g/mol. The van der Waals surface area contributed by atoms with Crippen LogP contribution in [0.4, 0.5) is 18.9 Å². The van der Waals surface area contributed by atoms with Gasteiger partial charge in [-0.15, -0.1) is 24.0 Å². The molecule has 0 radical (unpaired) electrons. The van der Waals surface area contributed by atoms with E-state index in [1.54, 1.807) is 24.0 Å². The Bertz CT molecular complexity index is 905. The van der Waals surface area contributed by atoms with Crippen molar-refractivity contribution in [3.8, 4) is 0 Å². The predicted octanol–water partition coefficient (Wildman–Crippen LogP) is 3.02. The molecule has 0 amide bonds. The van der Waals surface area contributed by atoms with Crippen LogP contribution in [0.3, 0.4) is 0 Å². The van der Waals surface area contributed by atoms with Gasteiger partial charge in [0.1, 0.15) is 0 Å². The van der Waals surface area contributed by atoms with E-state index in [0.717, 1.165) is 37.4 Å². The number of nitrogens with one attached hydrogen (secondary N) is 1. The summed E-state index contributed by atoms with van der Waals surface area (Å²) in [5.41, 5.74) is 1.82. The summed E-state index contributed by atoms with van der Waals surface area (Å²) in [6.45, 7) is 4.15. The van der Waals surface area contributed by atoms with E-state index >= 15 is 0 Å². The Hall–Kier alpha value is -2.02. The van der Waals surface area contributed by atoms with Gasteiger partial charge < -0.3 is 20.0 Å². The van der Waals surface area contributed by atoms with Crippen LogP contribution >= 0.6 is 24.0 Å². The highest BCUT2D eigenvalue weighted by Crippen LogP contribution is 2.33. The minimum Gasteiger partial charge on any atom is -0.369 e. The van der Waals surface area contributed by atoms with E-state index in [1.807, 2.05) is 25.2 Å². The molecule has 0 aliphatic carbocycles. The minimum absolute atomic E-state index is 0. The first-order chi connectivity index (χ1) is 14.7. The molecule has 7 nitrogen and oxygen atoms in total. The Morgan fingerprint density at radius 1 is 1.19 bits per heavy atom. The summed E-state index contributed by atoms with van der Waals surface area (Å²) in [5, 5.41) is 7.39. The summed E-state index contributed by atoms with van der Waals surface area (Å²) in [7, 11) is 7.45. The summed E-state index contributed by atoms with van der Waals surface area (Å²) >= 11 is 0. The van der Waals surface area contributed by atoms with Gasteiger partial charge in [-0.2, -0.15) is 18.3 Å². The van der Waals surface area contributed by atoms with Crippen LogP contribution in [-0.4, -0.2) is 72.9 Å². The molecule has 0 bridgehead atoms. The van der Waals surface area contributed by atoms with Crippen molar-refractivity contribution in [1.82, 2.24) is 24.9 Å². The maximum atomic E-state index is 13.4. The molecular formula is C21H31F3IN7. The van der Waals surface area contributed by atoms with Gasteiger partial charge >= 0.3 is 6.18 Å². The number of piperazine rings is 1. The topological polar surface area (TPSA) is 51.9 Å². The van der Waals surface area contributed by atoms with Gasteiger partial charge in [-0.25, -0.2) is 0 Å². The standard InChI is InChI=1S/C21H30F3N7.HI/c1-25-20(29(3)14-16-12-27-30(4)15-16)26-13-17-11-18(21(22,23)24)5-6-19(17)31-9-7-28(2)8-10-31;/h5-6,11-12,15H,7-10,13-14H2,1-4H3,(H,25,26);1H. The number of anilines is 1. The molecule has 1 aromatic heterocycles. The molecule has 2 heterocycles. The fraction of sp³-hybridized carbons (Fsp3) is 0.524. The number of guanidine groups is 1. The largest absolute Gasteiger partial charge is 0.416 e. The van der Waals surface area contributed by atoms with Crippen LogP contribution in [0.2, 0.25) is 0 Å². The van der Waals surface area contributed by atoms with Crippen molar-refractivity contribution in [2.24, 2.45) is 12.0 Å². The molecule has 1 aliphatic rings. The molecular weight excluding hydrogens is 534 g/mol. The fourth-order valence-electron chi connectivity index (χ4n) is 3.72. The Morgan fingerprint density at radius 2 is 1.88 bits per heavy atom. The lowest BCUT2D eigenvalue weighted by atomic mass is 10.1. The maximum Gasteiger partial charge on any atom is 0.416 e. The molecule has 3 rings (SSSR count). The second-order valence-electron chi connectivity index (χ2n) is 7.91. The second-order valence-corrected chi connectivity index (χ2v) is 7.91. The van der Waals surface area contributed by atoms with Crippen LogP contribution in [0.1, 0.15) is 16.7 Å². The molecule has 32 heavy (non-hydrogen) atoms. The van der Waals surface area contributed by atoms with Crippen LogP contribution in [-0.2, 0) is 26.3 Å². The number of aromatic nitrogens is 2.